The zero-order chi connectivity index (χ0) is 4.28. The molecule has 0 aromatic carbocycles. The molecule has 0 aliphatic carbocycles. The first-order valence-electron chi connectivity index (χ1n) is 0.918. The third kappa shape index (κ3) is 3.62. The van der Waals surface area contributed by atoms with Gasteiger partial charge in [0.2, 0.25) is 0 Å². The van der Waals surface area contributed by atoms with Crippen LogP contribution in [0, 0.1) is 17.2 Å². The summed E-state index contributed by atoms with van der Waals surface area (Å²) in [5.41, 5.74) is 1.70. The van der Waals surface area contributed by atoms with Gasteiger partial charge >= 0.3 is 0 Å². The lowest BCUT2D eigenvalue weighted by molar-refractivity contribution is -0.152. The van der Waals surface area contributed by atoms with Crippen molar-refractivity contribution in [2.45, 2.75) is 0 Å². The molecule has 3 heteroatoms. The van der Waals surface area contributed by atoms with E-state index in [1.807, 2.05) is 0 Å². The molecule has 1 N–H and O–H groups in total. The van der Waals surface area contributed by atoms with Crippen molar-refractivity contribution in [3.63, 3.8) is 0 Å². The van der Waals surface area contributed by atoms with Gasteiger partial charge in [-0.3, -0.25) is 0 Å². The van der Waals surface area contributed by atoms with Crippen LogP contribution in [-0.2, 0) is 0 Å². The monoisotopic (exact) mass is 87.0 g/mol. The van der Waals surface area contributed by atoms with E-state index in [1.165, 1.54) is 0 Å². The number of terminal acetylenes is 1. The first-order chi connectivity index (χ1) is 2.27. The minimum atomic E-state index is -2.07. The van der Waals surface area contributed by atoms with Crippen LogP contribution in [0.5, 0.6) is 0 Å². The van der Waals surface area contributed by atoms with Crippen LogP contribution in [0.4, 0.5) is 0 Å². The first kappa shape index (κ1) is 4.62. The van der Waals surface area contributed by atoms with Gasteiger partial charge in [0.15, 0.2) is 5.66 Å². The Morgan fingerprint density at radius 2 is 2.20 bits per heavy atom. The second-order valence-corrected chi connectivity index (χ2v) is 1.27. The molecule has 1 unspecified atom stereocenters. The fraction of sp³-hybridized carbons (Fsp3) is 0. The largest absolute Gasteiger partial charge is 0.600 e. The molecule has 0 rings (SSSR count). The molecule has 0 fully saturated rings. The van der Waals surface area contributed by atoms with Gasteiger partial charge in [-0.05, 0) is 0 Å². The van der Waals surface area contributed by atoms with Crippen molar-refractivity contribution in [2.24, 2.45) is 0 Å². The Morgan fingerprint density at radius 3 is 2.20 bits per heavy atom. The summed E-state index contributed by atoms with van der Waals surface area (Å²) in [5.74, 6) is 0. The number of hydrogen-bond acceptors (Lipinski definition) is 2. The lowest BCUT2D eigenvalue weighted by Crippen LogP contribution is -1.77. The zero-order valence-electron chi connectivity index (χ0n) is 2.43. The Morgan fingerprint density at radius 1 is 2.00 bits per heavy atom. The highest BCUT2D eigenvalue weighted by Gasteiger charge is 1.70. The van der Waals surface area contributed by atoms with Gasteiger partial charge < -0.3 is 4.89 Å². The molecule has 0 saturated carbocycles. The Balaban J connectivity index is 3.35. The van der Waals surface area contributed by atoms with E-state index in [0.29, 0.717) is 0 Å². The van der Waals surface area contributed by atoms with Crippen molar-refractivity contribution >= 4 is 7.94 Å². The molecular formula is C2H2NOP. The van der Waals surface area contributed by atoms with Gasteiger partial charge in [-0.15, -0.1) is 5.16 Å². The highest BCUT2D eigenvalue weighted by Crippen LogP contribution is 1.99. The van der Waals surface area contributed by atoms with E-state index in [2.05, 4.69) is 6.42 Å². The van der Waals surface area contributed by atoms with Crippen molar-refractivity contribution in [3.8, 4) is 12.1 Å². The molecule has 0 aromatic rings. The normalized spacial score (nSPS) is 9.20. The summed E-state index contributed by atoms with van der Waals surface area (Å²) in [4.78, 5) is 9.39. The molecule has 0 spiro atoms. The maximum atomic E-state index is 9.39. The van der Waals surface area contributed by atoms with Crippen molar-refractivity contribution < 1.29 is 4.89 Å². The van der Waals surface area contributed by atoms with E-state index < -0.39 is 7.94 Å². The minimum absolute atomic E-state index is 1.70. The van der Waals surface area contributed by atoms with Crippen molar-refractivity contribution in [2.75, 3.05) is 0 Å². The molecule has 0 saturated heterocycles. The van der Waals surface area contributed by atoms with Crippen LogP contribution in [0.1, 0.15) is 0 Å². The lowest BCUT2D eigenvalue weighted by atomic mass is 11.4. The molecule has 0 aliphatic heterocycles. The van der Waals surface area contributed by atoms with Crippen LogP contribution >= 0.6 is 7.94 Å². The lowest BCUT2D eigenvalue weighted by Gasteiger charge is -1.65. The fourth-order valence-corrected chi connectivity index (χ4v) is 0. The minimum Gasteiger partial charge on any atom is -0.600 e. The van der Waals surface area contributed by atoms with Gasteiger partial charge in [0.25, 0.3) is 7.94 Å². The molecule has 2 nitrogen and oxygen atoms in total. The van der Waals surface area contributed by atoms with Crippen molar-refractivity contribution in [3.05, 3.63) is 0 Å². The number of hydrogen-bond donors (Lipinski definition) is 1. The summed E-state index contributed by atoms with van der Waals surface area (Å²) in [6.45, 7) is 0. The third-order valence-electron chi connectivity index (χ3n) is 0.117. The molecular weight excluding hydrogens is 85.0 g/mol. The van der Waals surface area contributed by atoms with Crippen LogP contribution < -0.4 is 4.89 Å². The van der Waals surface area contributed by atoms with Crippen LogP contribution in [0.15, 0.2) is 0 Å². The van der Waals surface area contributed by atoms with E-state index in [0.717, 1.165) is 0 Å². The molecule has 0 aromatic heterocycles. The molecule has 0 radical (unpaired) electrons. The highest BCUT2D eigenvalue weighted by atomic mass is 31.1. The average molecular weight is 87.0 g/mol. The smallest absolute Gasteiger partial charge is 0.254 e. The average Bonchev–Trinajstić information content (AvgIpc) is 1.38. The molecule has 5 heavy (non-hydrogen) atoms. The van der Waals surface area contributed by atoms with Gasteiger partial charge in [-0.2, -0.15) is 0 Å². The zero-order valence-corrected chi connectivity index (χ0v) is 3.33. The second-order valence-electron chi connectivity index (χ2n) is 0.423. The highest BCUT2D eigenvalue weighted by molar-refractivity contribution is 7.43. The summed E-state index contributed by atoms with van der Waals surface area (Å²) in [7, 11) is -2.07. The molecule has 0 bridgehead atoms. The summed E-state index contributed by atoms with van der Waals surface area (Å²) >= 11 is 0. The molecule has 0 amide bonds. The third-order valence-corrected chi connectivity index (χ3v) is 0.352. The second kappa shape index (κ2) is 1.90. The Hall–Kier alpha value is -0.380. The molecule has 1 atom stereocenters. The van der Waals surface area contributed by atoms with E-state index in [1.54, 1.807) is 5.66 Å². The predicted molar refractivity (Wildman–Crippen MR) is 18.5 cm³/mol. The standard InChI is InChI=1S/C2H2NOP/c1-2-5(3)4/h1,3H. The van der Waals surface area contributed by atoms with E-state index in [9.17, 15) is 4.89 Å². The van der Waals surface area contributed by atoms with Crippen LogP contribution in [0.2, 0.25) is 0 Å². The Bertz CT molecular complexity index is 82.1. The van der Waals surface area contributed by atoms with Gasteiger partial charge in [-0.1, -0.05) is 6.42 Å². The van der Waals surface area contributed by atoms with Gasteiger partial charge in [0, 0.05) is 0 Å². The maximum absolute atomic E-state index is 9.39. The number of nitrogens with one attached hydrogen (secondary N) is 1. The SMILES string of the molecule is C#C[P+](=N)[O-]. The first-order valence-corrected chi connectivity index (χ1v) is 2.18. The van der Waals surface area contributed by atoms with Gasteiger partial charge in [-0.25, -0.2) is 0 Å². The summed E-state index contributed by atoms with van der Waals surface area (Å²) in [6, 6.07) is 0. The predicted octanol–water partition coefficient (Wildman–Crippen LogP) is 0.0967. The van der Waals surface area contributed by atoms with Crippen molar-refractivity contribution in [1.82, 2.24) is 0 Å². The van der Waals surface area contributed by atoms with Gasteiger partial charge in [0.1, 0.15) is 0 Å². The maximum Gasteiger partial charge on any atom is 0.254 e. The van der Waals surface area contributed by atoms with Crippen LogP contribution in [-0.4, -0.2) is 0 Å². The fourth-order valence-electron chi connectivity index (χ4n) is 0. The van der Waals surface area contributed by atoms with Gasteiger partial charge in [0.05, 0.1) is 0 Å². The topological polar surface area (TPSA) is 46.9 Å². The molecule has 0 heterocycles. The number of rotatable bonds is 0. The Labute approximate surface area is 31.2 Å². The van der Waals surface area contributed by atoms with Crippen molar-refractivity contribution in [1.29, 1.82) is 5.16 Å². The quantitative estimate of drug-likeness (QED) is 0.330. The summed E-state index contributed by atoms with van der Waals surface area (Å²) < 4.78 is 0. The molecule has 26 valence electrons. The van der Waals surface area contributed by atoms with Crippen LogP contribution in [0.3, 0.4) is 0 Å². The van der Waals surface area contributed by atoms with E-state index >= 15 is 0 Å². The van der Waals surface area contributed by atoms with E-state index in [-0.39, 0.29) is 0 Å². The van der Waals surface area contributed by atoms with Crippen LogP contribution in [0.25, 0.3) is 0 Å². The Kier molecular flexibility index (Phi) is 1.75. The van der Waals surface area contributed by atoms with E-state index in [4.69, 9.17) is 5.16 Å². The summed E-state index contributed by atoms with van der Waals surface area (Å²) in [5, 5.41) is 6.10. The summed E-state index contributed by atoms with van der Waals surface area (Å²) in [6.07, 6.45) is 4.45. The molecule has 0 aliphatic rings.